The van der Waals surface area contributed by atoms with Crippen LogP contribution in [0.5, 0.6) is 0 Å². The smallest absolute Gasteiger partial charge is 0.310 e. The van der Waals surface area contributed by atoms with Crippen molar-refractivity contribution in [3.63, 3.8) is 0 Å². The summed E-state index contributed by atoms with van der Waals surface area (Å²) in [6.45, 7) is 5.11. The van der Waals surface area contributed by atoms with Gasteiger partial charge in [0, 0.05) is 30.6 Å². The van der Waals surface area contributed by atoms with Crippen LogP contribution < -0.4 is 15.1 Å². The Balaban J connectivity index is 1.58. The average molecular weight is 493 g/mol. The van der Waals surface area contributed by atoms with Gasteiger partial charge in [0.05, 0.1) is 29.0 Å². The third kappa shape index (κ3) is 5.13. The second kappa shape index (κ2) is 9.57. The average Bonchev–Trinajstić information content (AvgIpc) is 3.22. The third-order valence-corrected chi connectivity index (χ3v) is 6.77. The molecule has 34 heavy (non-hydrogen) atoms. The van der Waals surface area contributed by atoms with Crippen molar-refractivity contribution in [2.45, 2.75) is 43.8 Å². The minimum absolute atomic E-state index is 0.0168. The second-order valence-electron chi connectivity index (χ2n) is 8.25. The zero-order valence-electron chi connectivity index (χ0n) is 18.6. The molecule has 1 fully saturated rings. The molecular formula is C22H25FN4O6S. The number of nitrogens with one attached hydrogen (secondary N) is 2. The minimum atomic E-state index is -4.14. The summed E-state index contributed by atoms with van der Waals surface area (Å²) in [4.78, 5) is 17.4. The van der Waals surface area contributed by atoms with Crippen molar-refractivity contribution in [2.24, 2.45) is 0 Å². The molecule has 0 saturated carbocycles. The Morgan fingerprint density at radius 1 is 1.26 bits per heavy atom. The third-order valence-electron chi connectivity index (χ3n) is 5.41. The number of pyridine rings is 1. The number of carbonyl (C=O) groups excluding carboxylic acids is 1. The lowest BCUT2D eigenvalue weighted by molar-refractivity contribution is -0.00484. The molecule has 1 aliphatic heterocycles. The molecule has 3 aromatic rings. The van der Waals surface area contributed by atoms with E-state index in [4.69, 9.17) is 14.4 Å². The first-order chi connectivity index (χ1) is 16.2. The number of hydroxylamine groups is 1. The van der Waals surface area contributed by atoms with Crippen molar-refractivity contribution in [3.05, 3.63) is 48.1 Å². The fourth-order valence-corrected chi connectivity index (χ4v) is 4.96. The van der Waals surface area contributed by atoms with Gasteiger partial charge in [-0.15, -0.1) is 0 Å². The van der Waals surface area contributed by atoms with Gasteiger partial charge in [-0.25, -0.2) is 23.3 Å². The summed E-state index contributed by atoms with van der Waals surface area (Å²) in [6.07, 6.45) is 2.75. The number of sulfonamides is 1. The molecule has 0 aliphatic carbocycles. The van der Waals surface area contributed by atoms with E-state index < -0.39 is 21.7 Å². The summed E-state index contributed by atoms with van der Waals surface area (Å²) in [7, 11) is -4.14. The van der Waals surface area contributed by atoms with Crippen molar-refractivity contribution in [1.29, 1.82) is 0 Å². The molecule has 4 rings (SSSR count). The quantitative estimate of drug-likeness (QED) is 0.338. The van der Waals surface area contributed by atoms with Crippen molar-refractivity contribution in [1.82, 2.24) is 10.5 Å². The van der Waals surface area contributed by atoms with E-state index in [0.29, 0.717) is 24.3 Å². The van der Waals surface area contributed by atoms with Crippen LogP contribution in [0.15, 0.2) is 45.8 Å². The van der Waals surface area contributed by atoms with E-state index in [-0.39, 0.29) is 34.1 Å². The van der Waals surface area contributed by atoms with E-state index in [1.807, 2.05) is 18.7 Å². The zero-order valence-corrected chi connectivity index (χ0v) is 19.4. The predicted octanol–water partition coefficient (Wildman–Crippen LogP) is 3.28. The Bertz CT molecular complexity index is 1300. The molecule has 1 amide bonds. The Hall–Kier alpha value is -3.22. The lowest BCUT2D eigenvalue weighted by atomic mass is 10.1. The number of anilines is 2. The summed E-state index contributed by atoms with van der Waals surface area (Å²) in [5, 5.41) is 9.23. The summed E-state index contributed by atoms with van der Waals surface area (Å²) in [6, 6.07) is 6.50. The SMILES string of the molecule is CC(C)OC1CCN(c2ncc(F)cc2NS(=O)(=O)c2ccc3cc(C(=O)NO)oc3c2)CC1. The van der Waals surface area contributed by atoms with Crippen molar-refractivity contribution in [3.8, 4) is 0 Å². The highest BCUT2D eigenvalue weighted by atomic mass is 32.2. The van der Waals surface area contributed by atoms with Gasteiger partial charge in [0.2, 0.25) is 0 Å². The zero-order chi connectivity index (χ0) is 24.5. The number of fused-ring (bicyclic) bond motifs is 1. The predicted molar refractivity (Wildman–Crippen MR) is 122 cm³/mol. The Morgan fingerprint density at radius 2 is 2.00 bits per heavy atom. The molecule has 10 nitrogen and oxygen atoms in total. The highest BCUT2D eigenvalue weighted by Gasteiger charge is 2.26. The molecule has 1 saturated heterocycles. The van der Waals surface area contributed by atoms with Crippen molar-refractivity contribution in [2.75, 3.05) is 22.7 Å². The largest absolute Gasteiger partial charge is 0.451 e. The number of ether oxygens (including phenoxy) is 1. The number of nitrogens with zero attached hydrogens (tertiary/aromatic N) is 2. The normalized spacial score (nSPS) is 15.1. The number of rotatable bonds is 7. The van der Waals surface area contributed by atoms with Crippen LogP contribution in [0.3, 0.4) is 0 Å². The number of carbonyl (C=O) groups is 1. The van der Waals surface area contributed by atoms with Gasteiger partial charge in [-0.05, 0) is 44.9 Å². The first-order valence-corrected chi connectivity index (χ1v) is 12.2. The first kappa shape index (κ1) is 23.9. The van der Waals surface area contributed by atoms with Gasteiger partial charge >= 0.3 is 5.91 Å². The van der Waals surface area contributed by atoms with E-state index in [2.05, 4.69) is 9.71 Å². The van der Waals surface area contributed by atoms with E-state index in [0.717, 1.165) is 25.1 Å². The molecule has 12 heteroatoms. The molecule has 0 radical (unpaired) electrons. The van der Waals surface area contributed by atoms with E-state index in [1.54, 1.807) is 0 Å². The van der Waals surface area contributed by atoms with Gasteiger partial charge < -0.3 is 14.1 Å². The summed E-state index contributed by atoms with van der Waals surface area (Å²) < 4.78 is 53.8. The lowest BCUT2D eigenvalue weighted by Crippen LogP contribution is -2.38. The van der Waals surface area contributed by atoms with Gasteiger partial charge in [0.25, 0.3) is 10.0 Å². The highest BCUT2D eigenvalue weighted by molar-refractivity contribution is 7.92. The molecule has 0 atom stereocenters. The first-order valence-electron chi connectivity index (χ1n) is 10.7. The lowest BCUT2D eigenvalue weighted by Gasteiger charge is -2.34. The fraction of sp³-hybridized carbons (Fsp3) is 0.364. The molecule has 0 bridgehead atoms. The van der Waals surface area contributed by atoms with Crippen LogP contribution in [0, 0.1) is 5.82 Å². The van der Waals surface area contributed by atoms with Gasteiger partial charge in [-0.3, -0.25) is 14.7 Å². The van der Waals surface area contributed by atoms with Crippen LogP contribution in [0.2, 0.25) is 0 Å². The van der Waals surface area contributed by atoms with Gasteiger partial charge in [-0.1, -0.05) is 0 Å². The van der Waals surface area contributed by atoms with Crippen LogP contribution in [0.4, 0.5) is 15.9 Å². The van der Waals surface area contributed by atoms with Crippen molar-refractivity contribution < 1.29 is 32.0 Å². The Morgan fingerprint density at radius 3 is 2.68 bits per heavy atom. The molecule has 1 aromatic carbocycles. The number of amides is 1. The van der Waals surface area contributed by atoms with Gasteiger partial charge in [-0.2, -0.15) is 0 Å². The van der Waals surface area contributed by atoms with Crippen LogP contribution in [0.1, 0.15) is 37.2 Å². The Labute approximate surface area is 195 Å². The highest BCUT2D eigenvalue weighted by Crippen LogP contribution is 2.31. The summed E-state index contributed by atoms with van der Waals surface area (Å²) in [5.74, 6) is -1.40. The van der Waals surface area contributed by atoms with Crippen LogP contribution in [-0.4, -0.2) is 49.8 Å². The van der Waals surface area contributed by atoms with E-state index >= 15 is 0 Å². The molecule has 3 N–H and O–H groups in total. The summed E-state index contributed by atoms with van der Waals surface area (Å²) in [5.41, 5.74) is 1.60. The van der Waals surface area contributed by atoms with E-state index in [1.165, 1.54) is 29.7 Å². The number of aromatic nitrogens is 1. The van der Waals surface area contributed by atoms with Crippen LogP contribution >= 0.6 is 0 Å². The number of hydrogen-bond donors (Lipinski definition) is 3. The summed E-state index contributed by atoms with van der Waals surface area (Å²) >= 11 is 0. The van der Waals surface area contributed by atoms with Gasteiger partial charge in [0.1, 0.15) is 11.4 Å². The van der Waals surface area contributed by atoms with Crippen LogP contribution in [-0.2, 0) is 14.8 Å². The molecule has 2 aromatic heterocycles. The van der Waals surface area contributed by atoms with Gasteiger partial charge in [0.15, 0.2) is 11.6 Å². The molecule has 0 spiro atoms. The standard InChI is InChI=1S/C22H25FN4O6S/c1-13(2)32-16-5-7-27(8-6-16)21-18(10-15(23)12-24-21)26-34(30,31)17-4-3-14-9-20(22(28)25-29)33-19(14)11-17/h3-4,9-13,16,26,29H,5-8H2,1-2H3,(H,25,28). The molecular weight excluding hydrogens is 467 g/mol. The molecule has 3 heterocycles. The molecule has 1 aliphatic rings. The fourth-order valence-electron chi connectivity index (χ4n) is 3.90. The Kier molecular flexibility index (Phi) is 6.73. The number of hydrogen-bond acceptors (Lipinski definition) is 8. The number of furan rings is 1. The van der Waals surface area contributed by atoms with Crippen LogP contribution in [0.25, 0.3) is 11.0 Å². The van der Waals surface area contributed by atoms with Crippen molar-refractivity contribution >= 4 is 38.4 Å². The van der Waals surface area contributed by atoms with E-state index in [9.17, 15) is 17.6 Å². The number of halogens is 1. The maximum Gasteiger partial charge on any atom is 0.310 e. The maximum atomic E-state index is 14.0. The molecule has 0 unspecified atom stereocenters. The molecule has 182 valence electrons. The number of piperidine rings is 1. The number of benzene rings is 1. The monoisotopic (exact) mass is 492 g/mol. The minimum Gasteiger partial charge on any atom is -0.451 e. The maximum absolute atomic E-state index is 14.0. The topological polar surface area (TPSA) is 134 Å². The second-order valence-corrected chi connectivity index (χ2v) is 9.94.